The standard InChI is InChI=1S/C16H16F2O3/c1-10(19)13-5-4-12(8-14(13)17)21-9-11-3-6-16(20-2)15(18)7-11/h3-8,10,19H,9H2,1-2H3. The summed E-state index contributed by atoms with van der Waals surface area (Å²) < 4.78 is 37.4. The van der Waals surface area contributed by atoms with Crippen LogP contribution in [0.3, 0.4) is 0 Å². The van der Waals surface area contributed by atoms with Gasteiger partial charge in [-0.3, -0.25) is 0 Å². The summed E-state index contributed by atoms with van der Waals surface area (Å²) in [4.78, 5) is 0. The van der Waals surface area contributed by atoms with Crippen LogP contribution in [0.2, 0.25) is 0 Å². The maximum atomic E-state index is 13.7. The van der Waals surface area contributed by atoms with Crippen LogP contribution in [0.1, 0.15) is 24.2 Å². The van der Waals surface area contributed by atoms with Crippen LogP contribution >= 0.6 is 0 Å². The van der Waals surface area contributed by atoms with E-state index in [0.717, 1.165) is 0 Å². The highest BCUT2D eigenvalue weighted by molar-refractivity contribution is 5.32. The van der Waals surface area contributed by atoms with Gasteiger partial charge in [0.15, 0.2) is 11.6 Å². The van der Waals surface area contributed by atoms with Crippen molar-refractivity contribution in [3.05, 3.63) is 59.2 Å². The number of aliphatic hydroxyl groups is 1. The number of aliphatic hydroxyl groups excluding tert-OH is 1. The molecule has 2 aromatic carbocycles. The Bertz CT molecular complexity index is 627. The molecule has 1 N–H and O–H groups in total. The van der Waals surface area contributed by atoms with Gasteiger partial charge in [0, 0.05) is 11.6 Å². The van der Waals surface area contributed by atoms with Crippen molar-refractivity contribution in [3.63, 3.8) is 0 Å². The molecule has 0 saturated heterocycles. The molecule has 1 unspecified atom stereocenters. The molecule has 0 aliphatic rings. The molecule has 0 heterocycles. The molecular weight excluding hydrogens is 278 g/mol. The highest BCUT2D eigenvalue weighted by atomic mass is 19.1. The van der Waals surface area contributed by atoms with Crippen LogP contribution < -0.4 is 9.47 Å². The minimum Gasteiger partial charge on any atom is -0.494 e. The van der Waals surface area contributed by atoms with Gasteiger partial charge in [-0.2, -0.15) is 0 Å². The normalized spacial score (nSPS) is 12.0. The largest absolute Gasteiger partial charge is 0.494 e. The quantitative estimate of drug-likeness (QED) is 0.915. The smallest absolute Gasteiger partial charge is 0.165 e. The molecule has 0 amide bonds. The van der Waals surface area contributed by atoms with Crippen LogP contribution in [0.15, 0.2) is 36.4 Å². The van der Waals surface area contributed by atoms with Crippen molar-refractivity contribution in [1.82, 2.24) is 0 Å². The molecule has 0 radical (unpaired) electrons. The summed E-state index contributed by atoms with van der Waals surface area (Å²) in [6, 6.07) is 8.70. The van der Waals surface area contributed by atoms with Crippen molar-refractivity contribution >= 4 is 0 Å². The second kappa shape index (κ2) is 6.54. The molecule has 21 heavy (non-hydrogen) atoms. The second-order valence-corrected chi connectivity index (χ2v) is 4.62. The molecule has 0 fully saturated rings. The lowest BCUT2D eigenvalue weighted by atomic mass is 10.1. The highest BCUT2D eigenvalue weighted by Crippen LogP contribution is 2.23. The van der Waals surface area contributed by atoms with E-state index >= 15 is 0 Å². The monoisotopic (exact) mass is 294 g/mol. The molecule has 0 aliphatic carbocycles. The van der Waals surface area contributed by atoms with Crippen molar-refractivity contribution in [2.24, 2.45) is 0 Å². The SMILES string of the molecule is COc1ccc(COc2ccc(C(C)O)c(F)c2)cc1F. The zero-order valence-electron chi connectivity index (χ0n) is 11.8. The lowest BCUT2D eigenvalue weighted by molar-refractivity contribution is 0.194. The van der Waals surface area contributed by atoms with E-state index in [1.807, 2.05) is 0 Å². The third-order valence-electron chi connectivity index (χ3n) is 3.04. The van der Waals surface area contributed by atoms with Gasteiger partial charge in [0.1, 0.15) is 18.2 Å². The third-order valence-corrected chi connectivity index (χ3v) is 3.04. The highest BCUT2D eigenvalue weighted by Gasteiger charge is 2.09. The molecule has 3 nitrogen and oxygen atoms in total. The molecule has 0 bridgehead atoms. The first-order valence-corrected chi connectivity index (χ1v) is 6.44. The molecule has 0 spiro atoms. The van der Waals surface area contributed by atoms with Crippen LogP contribution in [0.25, 0.3) is 0 Å². The van der Waals surface area contributed by atoms with Gasteiger partial charge in [-0.15, -0.1) is 0 Å². The predicted molar refractivity (Wildman–Crippen MR) is 74.3 cm³/mol. The van der Waals surface area contributed by atoms with Crippen molar-refractivity contribution in [2.45, 2.75) is 19.6 Å². The van der Waals surface area contributed by atoms with E-state index < -0.39 is 17.7 Å². The average molecular weight is 294 g/mol. The zero-order chi connectivity index (χ0) is 15.4. The Hall–Kier alpha value is -2.14. The van der Waals surface area contributed by atoms with E-state index in [1.165, 1.54) is 38.3 Å². The van der Waals surface area contributed by atoms with Crippen LogP contribution in [-0.4, -0.2) is 12.2 Å². The van der Waals surface area contributed by atoms with Gasteiger partial charge >= 0.3 is 0 Å². The fourth-order valence-electron chi connectivity index (χ4n) is 1.90. The topological polar surface area (TPSA) is 38.7 Å². The Labute approximate surface area is 121 Å². The minimum absolute atomic E-state index is 0.106. The minimum atomic E-state index is -0.880. The van der Waals surface area contributed by atoms with E-state index in [1.54, 1.807) is 12.1 Å². The van der Waals surface area contributed by atoms with Crippen LogP contribution in [0, 0.1) is 11.6 Å². The fraction of sp³-hybridized carbons (Fsp3) is 0.250. The van der Waals surface area contributed by atoms with Crippen LogP contribution in [-0.2, 0) is 6.61 Å². The van der Waals surface area contributed by atoms with Gasteiger partial charge in [0.05, 0.1) is 13.2 Å². The summed E-state index contributed by atoms with van der Waals surface area (Å²) in [7, 11) is 1.39. The van der Waals surface area contributed by atoms with Gasteiger partial charge < -0.3 is 14.6 Å². The number of rotatable bonds is 5. The second-order valence-electron chi connectivity index (χ2n) is 4.62. The first kappa shape index (κ1) is 15.3. The van der Waals surface area contributed by atoms with E-state index in [4.69, 9.17) is 9.47 Å². The zero-order valence-corrected chi connectivity index (χ0v) is 11.8. The summed E-state index contributed by atoms with van der Waals surface area (Å²) in [5.74, 6) is -0.545. The maximum absolute atomic E-state index is 13.7. The Morgan fingerprint density at radius 1 is 1.10 bits per heavy atom. The van der Waals surface area contributed by atoms with E-state index in [2.05, 4.69) is 0 Å². The van der Waals surface area contributed by atoms with Gasteiger partial charge in [-0.05, 0) is 36.8 Å². The van der Waals surface area contributed by atoms with Gasteiger partial charge in [0.25, 0.3) is 0 Å². The van der Waals surface area contributed by atoms with Gasteiger partial charge in [0.2, 0.25) is 0 Å². The predicted octanol–water partition coefficient (Wildman–Crippen LogP) is 3.61. The summed E-state index contributed by atoms with van der Waals surface area (Å²) in [5.41, 5.74) is 0.811. The molecular formula is C16H16F2O3. The molecule has 2 aromatic rings. The Kier molecular flexibility index (Phi) is 4.75. The van der Waals surface area contributed by atoms with E-state index in [9.17, 15) is 13.9 Å². The summed E-state index contributed by atoms with van der Waals surface area (Å²) in [6.45, 7) is 1.59. The summed E-state index contributed by atoms with van der Waals surface area (Å²) in [5, 5.41) is 9.35. The van der Waals surface area contributed by atoms with Crippen molar-refractivity contribution < 1.29 is 23.4 Å². The Balaban J connectivity index is 2.06. The first-order chi connectivity index (χ1) is 10.0. The number of ether oxygens (including phenoxy) is 2. The van der Waals surface area contributed by atoms with Crippen LogP contribution in [0.5, 0.6) is 11.5 Å². The molecule has 2 rings (SSSR count). The summed E-state index contributed by atoms with van der Waals surface area (Å²) >= 11 is 0. The van der Waals surface area contributed by atoms with E-state index in [0.29, 0.717) is 11.3 Å². The number of methoxy groups -OCH3 is 1. The lowest BCUT2D eigenvalue weighted by Gasteiger charge is -2.10. The number of halogens is 2. The van der Waals surface area contributed by atoms with Gasteiger partial charge in [-0.25, -0.2) is 8.78 Å². The van der Waals surface area contributed by atoms with Gasteiger partial charge in [-0.1, -0.05) is 6.07 Å². The Morgan fingerprint density at radius 3 is 2.43 bits per heavy atom. The third kappa shape index (κ3) is 3.70. The van der Waals surface area contributed by atoms with Crippen molar-refractivity contribution in [2.75, 3.05) is 7.11 Å². The van der Waals surface area contributed by atoms with E-state index in [-0.39, 0.29) is 17.9 Å². The Morgan fingerprint density at radius 2 is 1.86 bits per heavy atom. The molecule has 0 aromatic heterocycles. The molecule has 0 saturated carbocycles. The number of benzene rings is 2. The maximum Gasteiger partial charge on any atom is 0.165 e. The molecule has 0 aliphatic heterocycles. The lowest BCUT2D eigenvalue weighted by Crippen LogP contribution is -2.00. The average Bonchev–Trinajstić information content (AvgIpc) is 2.45. The van der Waals surface area contributed by atoms with Crippen molar-refractivity contribution in [1.29, 1.82) is 0 Å². The first-order valence-electron chi connectivity index (χ1n) is 6.44. The van der Waals surface area contributed by atoms with Crippen LogP contribution in [0.4, 0.5) is 8.78 Å². The number of hydrogen-bond acceptors (Lipinski definition) is 3. The molecule has 1 atom stereocenters. The summed E-state index contributed by atoms with van der Waals surface area (Å²) in [6.07, 6.45) is -0.880. The molecule has 5 heteroatoms. The van der Waals surface area contributed by atoms with Crippen molar-refractivity contribution in [3.8, 4) is 11.5 Å². The molecule has 112 valence electrons. The fourth-order valence-corrected chi connectivity index (χ4v) is 1.90. The number of hydrogen-bond donors (Lipinski definition) is 1.